The van der Waals surface area contributed by atoms with Gasteiger partial charge < -0.3 is 4.90 Å². The van der Waals surface area contributed by atoms with Gasteiger partial charge in [0.1, 0.15) is 5.82 Å². The van der Waals surface area contributed by atoms with E-state index in [4.69, 9.17) is 0 Å². The molecule has 1 saturated heterocycles. The monoisotopic (exact) mass is 356 g/mol. The summed E-state index contributed by atoms with van der Waals surface area (Å²) in [6.45, 7) is 14.4. The highest BCUT2D eigenvalue weighted by atomic mass is 16.2. The maximum Gasteiger partial charge on any atom is 0.235 e. The number of carbonyl (C=O) groups excluding carboxylic acids is 1. The first-order chi connectivity index (χ1) is 12.3. The van der Waals surface area contributed by atoms with Crippen LogP contribution in [0.2, 0.25) is 0 Å². The minimum atomic E-state index is -0.0541. The van der Waals surface area contributed by atoms with E-state index in [1.807, 2.05) is 31.6 Å². The molecule has 0 radical (unpaired) electrons. The van der Waals surface area contributed by atoms with Crippen molar-refractivity contribution in [3.05, 3.63) is 40.6 Å². The second-order valence-electron chi connectivity index (χ2n) is 7.08. The van der Waals surface area contributed by atoms with E-state index in [-0.39, 0.29) is 5.91 Å². The second kappa shape index (κ2) is 7.45. The smallest absolute Gasteiger partial charge is 0.235 e. The average Bonchev–Trinajstić information content (AvgIpc) is 2.85. The number of nitrogens with one attached hydrogen (secondary N) is 1. The molecule has 0 aliphatic carbocycles. The standard InChI is InChI=1S/C19H28N6O/c1-13-11-20-15(3)19(21-13)24-8-6-23(7-9-24)12-18-10-14(2)25(16(18)4)22-17(5)26/h10-11H,6-9,12H2,1-5H3,(H,22,26). The van der Waals surface area contributed by atoms with Gasteiger partial charge in [-0.3, -0.25) is 24.8 Å². The van der Waals surface area contributed by atoms with E-state index in [1.165, 1.54) is 12.5 Å². The molecule has 0 bridgehead atoms. The molecule has 26 heavy (non-hydrogen) atoms. The maximum absolute atomic E-state index is 11.4. The third-order valence-electron chi connectivity index (χ3n) is 4.92. The van der Waals surface area contributed by atoms with E-state index >= 15 is 0 Å². The summed E-state index contributed by atoms with van der Waals surface area (Å²) in [7, 11) is 0. The Balaban J connectivity index is 1.64. The fourth-order valence-electron chi connectivity index (χ4n) is 3.50. The van der Waals surface area contributed by atoms with Gasteiger partial charge in [0, 0.05) is 57.2 Å². The molecule has 0 unspecified atom stereocenters. The van der Waals surface area contributed by atoms with Gasteiger partial charge in [0.15, 0.2) is 0 Å². The van der Waals surface area contributed by atoms with Crippen LogP contribution in [-0.2, 0) is 11.3 Å². The van der Waals surface area contributed by atoms with Gasteiger partial charge in [-0.25, -0.2) is 4.98 Å². The van der Waals surface area contributed by atoms with Gasteiger partial charge in [-0.2, -0.15) is 0 Å². The van der Waals surface area contributed by atoms with Crippen molar-refractivity contribution in [3.63, 3.8) is 0 Å². The predicted molar refractivity (Wildman–Crippen MR) is 103 cm³/mol. The van der Waals surface area contributed by atoms with Crippen LogP contribution < -0.4 is 10.3 Å². The Morgan fingerprint density at radius 3 is 2.50 bits per heavy atom. The van der Waals surface area contributed by atoms with Crippen molar-refractivity contribution in [2.75, 3.05) is 36.5 Å². The Bertz CT molecular complexity index is 805. The lowest BCUT2D eigenvalue weighted by molar-refractivity contribution is -0.115. The molecule has 140 valence electrons. The minimum Gasteiger partial charge on any atom is -0.353 e. The van der Waals surface area contributed by atoms with Gasteiger partial charge >= 0.3 is 0 Å². The summed E-state index contributed by atoms with van der Waals surface area (Å²) < 4.78 is 1.87. The molecule has 3 rings (SSSR count). The molecule has 2 aromatic heterocycles. The van der Waals surface area contributed by atoms with Crippen molar-refractivity contribution in [2.45, 2.75) is 41.2 Å². The summed E-state index contributed by atoms with van der Waals surface area (Å²) in [5.74, 6) is 0.954. The Labute approximate surface area is 155 Å². The zero-order valence-corrected chi connectivity index (χ0v) is 16.3. The molecule has 0 atom stereocenters. The first kappa shape index (κ1) is 18.4. The number of amides is 1. The number of anilines is 1. The van der Waals surface area contributed by atoms with Gasteiger partial charge in [-0.15, -0.1) is 0 Å². The third-order valence-corrected chi connectivity index (χ3v) is 4.92. The van der Waals surface area contributed by atoms with E-state index in [0.717, 1.165) is 61.3 Å². The number of carbonyl (C=O) groups is 1. The van der Waals surface area contributed by atoms with E-state index in [0.29, 0.717) is 0 Å². The summed E-state index contributed by atoms with van der Waals surface area (Å²) in [4.78, 5) is 25.3. The van der Waals surface area contributed by atoms with E-state index in [2.05, 4.69) is 38.2 Å². The lowest BCUT2D eigenvalue weighted by atomic mass is 10.2. The van der Waals surface area contributed by atoms with Crippen LogP contribution >= 0.6 is 0 Å². The van der Waals surface area contributed by atoms with Crippen LogP contribution in [0.3, 0.4) is 0 Å². The zero-order chi connectivity index (χ0) is 18.8. The molecule has 2 aromatic rings. The number of piperazine rings is 1. The van der Waals surface area contributed by atoms with Gasteiger partial charge in [0.25, 0.3) is 0 Å². The van der Waals surface area contributed by atoms with Crippen LogP contribution in [-0.4, -0.2) is 51.6 Å². The molecule has 1 amide bonds. The SMILES string of the molecule is CC(=O)Nn1c(C)cc(CN2CCN(c3nc(C)cnc3C)CC2)c1C. The summed E-state index contributed by atoms with van der Waals surface area (Å²) in [6.07, 6.45) is 1.82. The molecule has 0 saturated carbocycles. The third kappa shape index (κ3) is 3.88. The van der Waals surface area contributed by atoms with E-state index < -0.39 is 0 Å². The molecule has 3 heterocycles. The molecule has 0 aromatic carbocycles. The Morgan fingerprint density at radius 1 is 1.15 bits per heavy atom. The first-order valence-electron chi connectivity index (χ1n) is 9.08. The molecule has 1 N–H and O–H groups in total. The number of nitrogens with zero attached hydrogens (tertiary/aromatic N) is 5. The van der Waals surface area contributed by atoms with Crippen LogP contribution in [0.5, 0.6) is 0 Å². The van der Waals surface area contributed by atoms with Crippen molar-refractivity contribution in [1.29, 1.82) is 0 Å². The minimum absolute atomic E-state index is 0.0541. The van der Waals surface area contributed by atoms with Crippen molar-refractivity contribution in [1.82, 2.24) is 19.5 Å². The van der Waals surface area contributed by atoms with Crippen LogP contribution in [0, 0.1) is 27.7 Å². The number of aromatic nitrogens is 3. The highest BCUT2D eigenvalue weighted by Crippen LogP contribution is 2.20. The molecular weight excluding hydrogens is 328 g/mol. The highest BCUT2D eigenvalue weighted by Gasteiger charge is 2.21. The van der Waals surface area contributed by atoms with Crippen LogP contribution in [0.25, 0.3) is 0 Å². The topological polar surface area (TPSA) is 66.3 Å². The van der Waals surface area contributed by atoms with Gasteiger partial charge in [0.05, 0.1) is 11.4 Å². The molecule has 0 spiro atoms. The average molecular weight is 356 g/mol. The van der Waals surface area contributed by atoms with Crippen LogP contribution in [0.15, 0.2) is 12.3 Å². The van der Waals surface area contributed by atoms with Crippen molar-refractivity contribution in [2.24, 2.45) is 0 Å². The van der Waals surface area contributed by atoms with Gasteiger partial charge in [0.2, 0.25) is 5.91 Å². The van der Waals surface area contributed by atoms with Crippen LogP contribution in [0.4, 0.5) is 5.82 Å². The fraction of sp³-hybridized carbons (Fsp3) is 0.526. The number of aryl methyl sites for hydroxylation is 3. The zero-order valence-electron chi connectivity index (χ0n) is 16.3. The second-order valence-corrected chi connectivity index (χ2v) is 7.08. The van der Waals surface area contributed by atoms with Crippen LogP contribution in [0.1, 0.15) is 35.3 Å². The summed E-state index contributed by atoms with van der Waals surface area (Å²) in [5, 5.41) is 0. The number of hydrogen-bond donors (Lipinski definition) is 1. The Morgan fingerprint density at radius 2 is 1.85 bits per heavy atom. The van der Waals surface area contributed by atoms with E-state index in [1.54, 1.807) is 0 Å². The molecule has 7 heteroatoms. The van der Waals surface area contributed by atoms with Crippen molar-refractivity contribution >= 4 is 11.7 Å². The summed E-state index contributed by atoms with van der Waals surface area (Å²) in [6, 6.07) is 2.16. The lowest BCUT2D eigenvalue weighted by Crippen LogP contribution is -2.46. The Hall–Kier alpha value is -2.41. The Kier molecular flexibility index (Phi) is 5.27. The molecule has 1 aliphatic heterocycles. The number of rotatable bonds is 4. The normalized spacial score (nSPS) is 15.3. The quantitative estimate of drug-likeness (QED) is 0.907. The van der Waals surface area contributed by atoms with E-state index in [9.17, 15) is 4.79 Å². The van der Waals surface area contributed by atoms with Crippen molar-refractivity contribution in [3.8, 4) is 0 Å². The highest BCUT2D eigenvalue weighted by molar-refractivity contribution is 5.81. The molecule has 1 fully saturated rings. The lowest BCUT2D eigenvalue weighted by Gasteiger charge is -2.35. The van der Waals surface area contributed by atoms with Gasteiger partial charge in [-0.1, -0.05) is 0 Å². The van der Waals surface area contributed by atoms with Crippen molar-refractivity contribution < 1.29 is 4.79 Å². The summed E-state index contributed by atoms with van der Waals surface area (Å²) in [5.41, 5.74) is 8.23. The predicted octanol–water partition coefficient (Wildman–Crippen LogP) is 1.92. The fourth-order valence-corrected chi connectivity index (χ4v) is 3.50. The summed E-state index contributed by atoms with van der Waals surface area (Å²) >= 11 is 0. The molecule has 1 aliphatic rings. The first-order valence-corrected chi connectivity index (χ1v) is 9.08. The largest absolute Gasteiger partial charge is 0.353 e. The molecular formula is C19H28N6O. The van der Waals surface area contributed by atoms with Gasteiger partial charge in [-0.05, 0) is 39.3 Å². The number of hydrogen-bond acceptors (Lipinski definition) is 5. The maximum atomic E-state index is 11.4. The molecule has 7 nitrogen and oxygen atoms in total.